The Bertz CT molecular complexity index is 748. The van der Waals surface area contributed by atoms with Crippen molar-refractivity contribution >= 4 is 22.0 Å². The second-order valence-corrected chi connectivity index (χ2v) is 7.35. The number of aliphatic carboxylic acids is 1. The fourth-order valence-electron chi connectivity index (χ4n) is 2.57. The zero-order chi connectivity index (χ0) is 17.4. The highest BCUT2D eigenvalue weighted by Gasteiger charge is 2.38. The molecule has 1 heterocycles. The van der Waals surface area contributed by atoms with Crippen LogP contribution in [0.25, 0.3) is 0 Å². The number of carboxylic acid groups (broad SMARTS) is 2. The summed E-state index contributed by atoms with van der Waals surface area (Å²) in [6, 6.07) is 2.00. The van der Waals surface area contributed by atoms with Crippen LogP contribution in [0.4, 0.5) is 4.39 Å². The zero-order valence-corrected chi connectivity index (χ0v) is 13.1. The molecule has 0 radical (unpaired) electrons. The lowest BCUT2D eigenvalue weighted by Crippen LogP contribution is -2.47. The molecule has 1 aromatic rings. The Hall–Kier alpha value is -2.00. The van der Waals surface area contributed by atoms with Gasteiger partial charge in [0, 0.05) is 12.6 Å². The van der Waals surface area contributed by atoms with Crippen LogP contribution < -0.4 is 0 Å². The van der Waals surface area contributed by atoms with Crippen molar-refractivity contribution in [2.24, 2.45) is 5.92 Å². The zero-order valence-electron chi connectivity index (χ0n) is 12.3. The molecule has 1 aliphatic heterocycles. The van der Waals surface area contributed by atoms with Crippen LogP contribution in [0.2, 0.25) is 0 Å². The van der Waals surface area contributed by atoms with Crippen molar-refractivity contribution in [3.05, 3.63) is 29.6 Å². The van der Waals surface area contributed by atoms with Gasteiger partial charge in [-0.15, -0.1) is 0 Å². The average Bonchev–Trinajstić information content (AvgIpc) is 2.47. The lowest BCUT2D eigenvalue weighted by atomic mass is 9.96. The van der Waals surface area contributed by atoms with Crippen LogP contribution >= 0.6 is 0 Å². The van der Waals surface area contributed by atoms with Gasteiger partial charge in [0.1, 0.15) is 10.7 Å². The minimum Gasteiger partial charge on any atom is -0.481 e. The van der Waals surface area contributed by atoms with Gasteiger partial charge in [-0.05, 0) is 38.0 Å². The fourth-order valence-corrected chi connectivity index (χ4v) is 4.37. The fraction of sp³-hybridized carbons (Fsp3) is 0.429. The molecule has 9 heteroatoms. The van der Waals surface area contributed by atoms with E-state index < -0.39 is 44.6 Å². The van der Waals surface area contributed by atoms with E-state index in [-0.39, 0.29) is 12.1 Å². The van der Waals surface area contributed by atoms with Crippen molar-refractivity contribution < 1.29 is 32.6 Å². The maximum absolute atomic E-state index is 14.0. The topological polar surface area (TPSA) is 112 Å². The maximum atomic E-state index is 14.0. The predicted octanol–water partition coefficient (Wildman–Crippen LogP) is 1.40. The number of carbonyl (C=O) groups is 2. The summed E-state index contributed by atoms with van der Waals surface area (Å²) < 4.78 is 40.2. The number of carboxylic acids is 2. The van der Waals surface area contributed by atoms with Crippen LogP contribution in [0.5, 0.6) is 0 Å². The van der Waals surface area contributed by atoms with Gasteiger partial charge in [-0.3, -0.25) is 4.79 Å². The predicted molar refractivity (Wildman–Crippen MR) is 77.1 cm³/mol. The Labute approximate surface area is 132 Å². The second kappa shape index (κ2) is 6.25. The van der Waals surface area contributed by atoms with E-state index in [1.54, 1.807) is 6.92 Å². The molecule has 2 unspecified atom stereocenters. The van der Waals surface area contributed by atoms with Gasteiger partial charge in [0.05, 0.1) is 11.5 Å². The summed E-state index contributed by atoms with van der Waals surface area (Å²) >= 11 is 0. The van der Waals surface area contributed by atoms with Crippen molar-refractivity contribution in [3.8, 4) is 0 Å². The summed E-state index contributed by atoms with van der Waals surface area (Å²) in [6.45, 7) is 1.34. The highest BCUT2D eigenvalue weighted by molar-refractivity contribution is 7.89. The van der Waals surface area contributed by atoms with Crippen LogP contribution in [0, 0.1) is 11.7 Å². The van der Waals surface area contributed by atoms with Crippen LogP contribution in [-0.2, 0) is 14.8 Å². The van der Waals surface area contributed by atoms with Crippen molar-refractivity contribution in [3.63, 3.8) is 0 Å². The number of hydrogen-bond donors (Lipinski definition) is 2. The van der Waals surface area contributed by atoms with Gasteiger partial charge in [-0.2, -0.15) is 4.31 Å². The third kappa shape index (κ3) is 3.35. The molecule has 126 valence electrons. The molecule has 1 fully saturated rings. The molecular formula is C14H16FNO6S. The molecule has 0 spiro atoms. The third-order valence-electron chi connectivity index (χ3n) is 3.94. The molecule has 2 atom stereocenters. The number of piperidine rings is 1. The van der Waals surface area contributed by atoms with Crippen LogP contribution in [0.3, 0.4) is 0 Å². The quantitative estimate of drug-likeness (QED) is 0.853. The standard InChI is InChI=1S/C14H16FNO6S/c1-8-2-3-10(14(19)20)7-16(8)23(21,22)12-6-9(13(17)18)4-5-11(12)15/h4-6,8,10H,2-3,7H2,1H3,(H,17,18)(H,19,20). The average molecular weight is 345 g/mol. The van der Waals surface area contributed by atoms with Gasteiger partial charge in [0.15, 0.2) is 0 Å². The number of benzene rings is 1. The molecular weight excluding hydrogens is 329 g/mol. The number of halogens is 1. The summed E-state index contributed by atoms with van der Waals surface area (Å²) in [7, 11) is -4.33. The lowest BCUT2D eigenvalue weighted by molar-refractivity contribution is -0.143. The van der Waals surface area contributed by atoms with Crippen LogP contribution in [-0.4, -0.2) is 47.5 Å². The van der Waals surface area contributed by atoms with Gasteiger partial charge in [-0.1, -0.05) is 0 Å². The van der Waals surface area contributed by atoms with Crippen molar-refractivity contribution in [1.29, 1.82) is 0 Å². The molecule has 2 N–H and O–H groups in total. The van der Waals surface area contributed by atoms with E-state index in [4.69, 9.17) is 10.2 Å². The first kappa shape index (κ1) is 17.4. The molecule has 0 aromatic heterocycles. The highest BCUT2D eigenvalue weighted by atomic mass is 32.2. The van der Waals surface area contributed by atoms with Crippen molar-refractivity contribution in [2.75, 3.05) is 6.54 Å². The van der Waals surface area contributed by atoms with E-state index in [0.29, 0.717) is 12.8 Å². The lowest BCUT2D eigenvalue weighted by Gasteiger charge is -2.35. The van der Waals surface area contributed by atoms with Gasteiger partial charge in [-0.25, -0.2) is 17.6 Å². The maximum Gasteiger partial charge on any atom is 0.335 e. The van der Waals surface area contributed by atoms with Crippen molar-refractivity contribution in [2.45, 2.75) is 30.7 Å². The first-order valence-corrected chi connectivity index (χ1v) is 8.36. The number of sulfonamides is 1. The summed E-state index contributed by atoms with van der Waals surface area (Å²) in [4.78, 5) is 21.3. The number of aromatic carboxylic acids is 1. The van der Waals surface area contributed by atoms with Crippen LogP contribution in [0.1, 0.15) is 30.1 Å². The summed E-state index contributed by atoms with van der Waals surface area (Å²) in [5.74, 6) is -4.43. The van der Waals surface area contributed by atoms with E-state index in [1.165, 1.54) is 0 Å². The molecule has 0 amide bonds. The van der Waals surface area contributed by atoms with Crippen molar-refractivity contribution in [1.82, 2.24) is 4.31 Å². The number of rotatable bonds is 4. The minimum atomic E-state index is -4.33. The summed E-state index contributed by atoms with van der Waals surface area (Å²) in [5.41, 5.74) is -0.357. The summed E-state index contributed by atoms with van der Waals surface area (Å²) in [5, 5.41) is 18.0. The second-order valence-electron chi connectivity index (χ2n) is 5.49. The Morgan fingerprint density at radius 1 is 1.26 bits per heavy atom. The molecule has 0 aliphatic carbocycles. The first-order chi connectivity index (χ1) is 10.6. The third-order valence-corrected chi connectivity index (χ3v) is 5.93. The Morgan fingerprint density at radius 3 is 2.48 bits per heavy atom. The molecule has 1 saturated heterocycles. The van der Waals surface area contributed by atoms with E-state index >= 15 is 0 Å². The van der Waals surface area contributed by atoms with Gasteiger partial charge in [0.2, 0.25) is 10.0 Å². The van der Waals surface area contributed by atoms with E-state index in [1.807, 2.05) is 0 Å². The molecule has 7 nitrogen and oxygen atoms in total. The Kier molecular flexibility index (Phi) is 4.71. The SMILES string of the molecule is CC1CCC(C(=O)O)CN1S(=O)(=O)c1cc(C(=O)O)ccc1F. The molecule has 2 rings (SSSR count). The number of nitrogens with zero attached hydrogens (tertiary/aromatic N) is 1. The Morgan fingerprint density at radius 2 is 1.91 bits per heavy atom. The molecule has 0 bridgehead atoms. The first-order valence-electron chi connectivity index (χ1n) is 6.92. The Balaban J connectivity index is 2.46. The number of hydrogen-bond acceptors (Lipinski definition) is 4. The van der Waals surface area contributed by atoms with Crippen LogP contribution in [0.15, 0.2) is 23.1 Å². The monoisotopic (exact) mass is 345 g/mol. The largest absolute Gasteiger partial charge is 0.481 e. The smallest absolute Gasteiger partial charge is 0.335 e. The van der Waals surface area contributed by atoms with E-state index in [2.05, 4.69) is 0 Å². The molecule has 0 saturated carbocycles. The molecule has 1 aliphatic rings. The normalized spacial score (nSPS) is 22.7. The summed E-state index contributed by atoms with van der Waals surface area (Å²) in [6.07, 6.45) is 0.663. The molecule has 1 aromatic carbocycles. The van der Waals surface area contributed by atoms with E-state index in [9.17, 15) is 22.4 Å². The van der Waals surface area contributed by atoms with Gasteiger partial charge >= 0.3 is 11.9 Å². The minimum absolute atomic E-state index is 0.268. The van der Waals surface area contributed by atoms with Gasteiger partial charge < -0.3 is 10.2 Å². The van der Waals surface area contributed by atoms with Gasteiger partial charge in [0.25, 0.3) is 0 Å². The highest BCUT2D eigenvalue weighted by Crippen LogP contribution is 2.29. The van der Waals surface area contributed by atoms with E-state index in [0.717, 1.165) is 22.5 Å². The molecule has 23 heavy (non-hydrogen) atoms.